The molecule has 2 nitrogen and oxygen atoms in total. The number of halogens is 1. The zero-order valence-electron chi connectivity index (χ0n) is 11.8. The maximum atomic E-state index is 9.53. The van der Waals surface area contributed by atoms with Crippen LogP contribution in [0, 0.1) is 11.3 Å². The van der Waals surface area contributed by atoms with Crippen LogP contribution in [0.1, 0.15) is 17.2 Å². The predicted molar refractivity (Wildman–Crippen MR) is 77.1 cm³/mol. The molecule has 1 unspecified atom stereocenters. The zero-order valence-corrected chi connectivity index (χ0v) is 13.4. The fourth-order valence-electron chi connectivity index (χ4n) is 2.41. The molecule has 0 aromatic heterocycles. The van der Waals surface area contributed by atoms with Gasteiger partial charge in [-0.1, -0.05) is 60.7 Å². The number of benzene rings is 2. The molecule has 2 rings (SSSR count). The molecule has 0 fully saturated rings. The van der Waals surface area contributed by atoms with Gasteiger partial charge in [-0.05, 0) is 0 Å². The van der Waals surface area contributed by atoms with Crippen molar-refractivity contribution >= 4 is 0 Å². The molecule has 2 aromatic rings. The van der Waals surface area contributed by atoms with E-state index in [-0.39, 0.29) is 23.0 Å². The van der Waals surface area contributed by atoms with Crippen molar-refractivity contribution in [2.45, 2.75) is 12.6 Å². The van der Waals surface area contributed by atoms with Gasteiger partial charge in [-0.15, -0.1) is 0 Å². The van der Waals surface area contributed by atoms with Crippen molar-refractivity contribution in [1.29, 1.82) is 5.26 Å². The molecule has 0 aliphatic carbocycles. The Morgan fingerprint density at radius 1 is 0.950 bits per heavy atom. The molecule has 20 heavy (non-hydrogen) atoms. The summed E-state index contributed by atoms with van der Waals surface area (Å²) in [6, 6.07) is 22.6. The minimum Gasteiger partial charge on any atom is -1.00 e. The van der Waals surface area contributed by atoms with Crippen LogP contribution in [0.2, 0.25) is 0 Å². The summed E-state index contributed by atoms with van der Waals surface area (Å²) in [4.78, 5) is 0. The molecule has 0 aliphatic heterocycles. The van der Waals surface area contributed by atoms with E-state index in [9.17, 15) is 5.26 Å². The van der Waals surface area contributed by atoms with Gasteiger partial charge in [0.2, 0.25) is 6.04 Å². The van der Waals surface area contributed by atoms with Crippen LogP contribution in [0.3, 0.4) is 0 Å². The van der Waals surface area contributed by atoms with Crippen LogP contribution in [0.4, 0.5) is 0 Å². The largest absolute Gasteiger partial charge is 1.00 e. The van der Waals surface area contributed by atoms with Crippen molar-refractivity contribution in [2.75, 3.05) is 14.1 Å². The topological polar surface area (TPSA) is 23.8 Å². The van der Waals surface area contributed by atoms with Crippen molar-refractivity contribution in [3.63, 3.8) is 0 Å². The third-order valence-corrected chi connectivity index (χ3v) is 3.37. The smallest absolute Gasteiger partial charge is 0.202 e. The average molecular weight is 331 g/mol. The van der Waals surface area contributed by atoms with Gasteiger partial charge in [0.15, 0.2) is 0 Å². The molecule has 0 radical (unpaired) electrons. The van der Waals surface area contributed by atoms with Gasteiger partial charge in [-0.2, -0.15) is 5.26 Å². The Balaban J connectivity index is 0.00000200. The van der Waals surface area contributed by atoms with Crippen LogP contribution in [-0.4, -0.2) is 18.6 Å². The molecule has 0 N–H and O–H groups in total. The average Bonchev–Trinajstić information content (AvgIpc) is 2.41. The number of quaternary nitrogens is 1. The number of hydrogen-bond donors (Lipinski definition) is 0. The Labute approximate surface area is 131 Å². The Morgan fingerprint density at radius 2 is 1.45 bits per heavy atom. The SMILES string of the molecule is C[N+](C)(Cc1ccccc1)C(C#N)c1ccccc1.[Br-]. The molecule has 0 saturated carbocycles. The third kappa shape index (κ3) is 3.93. The first-order valence-corrected chi connectivity index (χ1v) is 6.44. The minimum atomic E-state index is -0.151. The Kier molecular flexibility index (Phi) is 5.94. The summed E-state index contributed by atoms with van der Waals surface area (Å²) in [6.45, 7) is 0.841. The van der Waals surface area contributed by atoms with Crippen LogP contribution >= 0.6 is 0 Å². The second-order valence-corrected chi connectivity index (χ2v) is 5.36. The first-order chi connectivity index (χ1) is 9.13. The van der Waals surface area contributed by atoms with E-state index in [4.69, 9.17) is 0 Å². The molecular weight excluding hydrogens is 312 g/mol. The molecule has 0 heterocycles. The summed E-state index contributed by atoms with van der Waals surface area (Å²) < 4.78 is 0.629. The van der Waals surface area contributed by atoms with E-state index in [0.717, 1.165) is 12.1 Å². The Morgan fingerprint density at radius 3 is 1.95 bits per heavy atom. The monoisotopic (exact) mass is 330 g/mol. The number of nitrogens with zero attached hydrogens (tertiary/aromatic N) is 2. The van der Waals surface area contributed by atoms with Gasteiger partial charge in [0, 0.05) is 11.1 Å². The van der Waals surface area contributed by atoms with E-state index in [2.05, 4.69) is 32.3 Å². The number of rotatable bonds is 4. The molecule has 0 spiro atoms. The molecule has 2 aromatic carbocycles. The van der Waals surface area contributed by atoms with Crippen LogP contribution < -0.4 is 17.0 Å². The highest BCUT2D eigenvalue weighted by Gasteiger charge is 2.29. The summed E-state index contributed by atoms with van der Waals surface area (Å²) in [5.41, 5.74) is 2.33. The quantitative estimate of drug-likeness (QED) is 0.750. The van der Waals surface area contributed by atoms with E-state index in [1.54, 1.807) is 0 Å². The predicted octanol–water partition coefficient (Wildman–Crippen LogP) is 0.532. The normalized spacial score (nSPS) is 12.1. The van der Waals surface area contributed by atoms with Crippen molar-refractivity contribution < 1.29 is 21.5 Å². The summed E-state index contributed by atoms with van der Waals surface area (Å²) >= 11 is 0. The first kappa shape index (κ1) is 16.4. The summed E-state index contributed by atoms with van der Waals surface area (Å²) in [6.07, 6.45) is 0. The van der Waals surface area contributed by atoms with E-state index in [0.29, 0.717) is 4.48 Å². The number of hydrogen-bond acceptors (Lipinski definition) is 1. The van der Waals surface area contributed by atoms with E-state index in [1.165, 1.54) is 5.56 Å². The summed E-state index contributed by atoms with van der Waals surface area (Å²) in [7, 11) is 4.21. The van der Waals surface area contributed by atoms with Crippen molar-refractivity contribution in [3.05, 3.63) is 71.8 Å². The lowest BCUT2D eigenvalue weighted by Crippen LogP contribution is -3.00. The van der Waals surface area contributed by atoms with Gasteiger partial charge in [-0.25, -0.2) is 0 Å². The molecule has 3 heteroatoms. The molecule has 0 aliphatic rings. The number of nitriles is 1. The highest BCUT2D eigenvalue weighted by atomic mass is 79.9. The lowest BCUT2D eigenvalue weighted by molar-refractivity contribution is -0.925. The molecule has 0 saturated heterocycles. The molecular formula is C17H19BrN2. The van der Waals surface area contributed by atoms with Crippen LogP contribution in [0.15, 0.2) is 60.7 Å². The van der Waals surface area contributed by atoms with E-state index >= 15 is 0 Å². The highest BCUT2D eigenvalue weighted by Crippen LogP contribution is 2.26. The van der Waals surface area contributed by atoms with Crippen LogP contribution in [0.25, 0.3) is 0 Å². The molecule has 1 atom stereocenters. The van der Waals surface area contributed by atoms with Gasteiger partial charge in [0.05, 0.1) is 14.1 Å². The second-order valence-electron chi connectivity index (χ2n) is 5.36. The fourth-order valence-corrected chi connectivity index (χ4v) is 2.41. The Bertz CT molecular complexity index is 559. The highest BCUT2D eigenvalue weighted by molar-refractivity contribution is 5.22. The first-order valence-electron chi connectivity index (χ1n) is 6.44. The van der Waals surface area contributed by atoms with Crippen LogP contribution in [-0.2, 0) is 6.54 Å². The molecule has 104 valence electrons. The van der Waals surface area contributed by atoms with Crippen LogP contribution in [0.5, 0.6) is 0 Å². The summed E-state index contributed by atoms with van der Waals surface area (Å²) in [5.74, 6) is 0. The van der Waals surface area contributed by atoms with Gasteiger partial charge < -0.3 is 21.5 Å². The van der Waals surface area contributed by atoms with Crippen molar-refractivity contribution in [3.8, 4) is 6.07 Å². The zero-order chi connectivity index (χ0) is 13.7. The van der Waals surface area contributed by atoms with Gasteiger partial charge in [0.1, 0.15) is 12.6 Å². The van der Waals surface area contributed by atoms with Gasteiger partial charge in [0.25, 0.3) is 0 Å². The van der Waals surface area contributed by atoms with Crippen molar-refractivity contribution in [2.24, 2.45) is 0 Å². The molecule has 0 bridgehead atoms. The lowest BCUT2D eigenvalue weighted by atomic mass is 10.0. The summed E-state index contributed by atoms with van der Waals surface area (Å²) in [5, 5.41) is 9.53. The van der Waals surface area contributed by atoms with Gasteiger partial charge >= 0.3 is 0 Å². The maximum absolute atomic E-state index is 9.53. The second kappa shape index (κ2) is 7.23. The fraction of sp³-hybridized carbons (Fsp3) is 0.235. The van der Waals surface area contributed by atoms with E-state index in [1.807, 2.05) is 48.5 Å². The third-order valence-electron chi connectivity index (χ3n) is 3.37. The maximum Gasteiger partial charge on any atom is 0.202 e. The Hall–Kier alpha value is -1.63. The van der Waals surface area contributed by atoms with Crippen molar-refractivity contribution in [1.82, 2.24) is 0 Å². The van der Waals surface area contributed by atoms with Gasteiger partial charge in [-0.3, -0.25) is 0 Å². The molecule has 0 amide bonds. The minimum absolute atomic E-state index is 0. The lowest BCUT2D eigenvalue weighted by Gasteiger charge is -2.34. The standard InChI is InChI=1S/C17H19N2.BrH/c1-19(2,14-15-9-5-3-6-10-15)17(13-18)16-11-7-4-8-12-16;/h3-12,17H,14H2,1-2H3;1H/q+1;/p-1. The van der Waals surface area contributed by atoms with E-state index < -0.39 is 0 Å².